The summed E-state index contributed by atoms with van der Waals surface area (Å²) >= 11 is 0. The molecule has 0 bridgehead atoms. The van der Waals surface area contributed by atoms with Crippen LogP contribution in [0.3, 0.4) is 0 Å². The van der Waals surface area contributed by atoms with Gasteiger partial charge in [0.2, 0.25) is 0 Å². The van der Waals surface area contributed by atoms with E-state index in [9.17, 15) is 24.0 Å². The second kappa shape index (κ2) is 40.0. The first-order valence-electron chi connectivity index (χ1n) is 35.4. The summed E-state index contributed by atoms with van der Waals surface area (Å²) in [5.74, 6) is 0. The normalized spacial score (nSPS) is 11.0. The molecule has 0 fully saturated rings. The van der Waals surface area contributed by atoms with Crippen LogP contribution in [0.1, 0.15) is 0 Å². The zero-order valence-corrected chi connectivity index (χ0v) is 67.5. The number of benzene rings is 16. The predicted molar refractivity (Wildman–Crippen MR) is 446 cm³/mol. The van der Waals surface area contributed by atoms with E-state index in [0.717, 1.165) is 77.8 Å². The minimum atomic E-state index is -3.13. The van der Waals surface area contributed by atoms with Crippen molar-refractivity contribution in [3.8, 4) is 0 Å². The number of rotatable bonds is 15. The van der Waals surface area contributed by atoms with Crippen molar-refractivity contribution in [2.75, 3.05) is 0 Å². The topological polar surface area (TPSA) is 115 Å². The van der Waals surface area contributed by atoms with Crippen molar-refractivity contribution in [3.05, 3.63) is 491 Å². The fraction of sp³-hybridized carbons (Fsp3) is 0. The van der Waals surface area contributed by atoms with E-state index in [2.05, 4.69) is 0 Å². The fourth-order valence-corrected chi connectivity index (χ4v) is 27.9. The summed E-state index contributed by atoms with van der Waals surface area (Å²) in [6, 6.07) is 158. The van der Waals surface area contributed by atoms with Crippen LogP contribution < -0.4 is 102 Å². The van der Waals surface area contributed by atoms with E-state index in [0.29, 0.717) is 0 Å². The summed E-state index contributed by atoms with van der Waals surface area (Å²) in [6.45, 7) is 0. The molecule has 0 N–H and O–H groups in total. The van der Waals surface area contributed by atoms with Gasteiger partial charge in [0, 0.05) is 0 Å². The van der Waals surface area contributed by atoms with Crippen LogP contribution in [0.25, 0.3) is 0 Å². The summed E-state index contributed by atoms with van der Waals surface area (Å²) in [5, 5.41) is 13.5. The summed E-state index contributed by atoms with van der Waals surface area (Å²) in [5.41, 5.74) is 0. The first kappa shape index (κ1) is 78.7. The first-order chi connectivity index (χ1) is 52.1. The maximum atomic E-state index is 13.8. The Morgan fingerprint density at radius 2 is 0.140 bits per heavy atom. The molecule has 0 aliphatic heterocycles. The smallest absolute Gasteiger partial charge is 0.848 e. The fourth-order valence-electron chi connectivity index (χ4n) is 13.0. The van der Waals surface area contributed by atoms with Gasteiger partial charge >= 0.3 is 22.4 Å². The summed E-state index contributed by atoms with van der Waals surface area (Å²) in [6.07, 6.45) is 0. The summed E-state index contributed by atoms with van der Waals surface area (Å²) in [7, 11) is -15.6. The van der Waals surface area contributed by atoms with Gasteiger partial charge in [-0.1, -0.05) is 569 Å². The maximum absolute atomic E-state index is 13.8. The Kier molecular flexibility index (Phi) is 29.5. The molecule has 0 atom stereocenters. The van der Waals surface area contributed by atoms with Crippen LogP contribution in [0, 0.1) is 0 Å². The third-order valence-electron chi connectivity index (χ3n) is 18.4. The van der Waals surface area contributed by atoms with Crippen LogP contribution >= 0.6 is 0 Å². The van der Waals surface area contributed by atoms with Gasteiger partial charge in [0.1, 0.15) is 0 Å². The average molecular weight is 1640 g/mol. The molecule has 520 valence electrons. The molecule has 0 aromatic heterocycles. The van der Waals surface area contributed by atoms with Crippen LogP contribution in [0.15, 0.2) is 491 Å². The minimum absolute atomic E-state index is 0. The van der Waals surface area contributed by atoms with Crippen LogP contribution in [0.4, 0.5) is 0 Å². The van der Waals surface area contributed by atoms with Gasteiger partial charge in [0.05, 0.1) is 41.6 Å². The molecule has 16 aromatic carbocycles. The molecule has 0 saturated carbocycles. The zero-order chi connectivity index (χ0) is 73.4. The van der Waals surface area contributed by atoms with E-state index in [1.807, 2.05) is 491 Å². The van der Waals surface area contributed by atoms with Gasteiger partial charge in [-0.2, -0.15) is 0 Å². The van der Waals surface area contributed by atoms with E-state index in [1.165, 1.54) is 0 Å². The molecule has 107 heavy (non-hydrogen) atoms. The van der Waals surface area contributed by atoms with Gasteiger partial charge in [-0.15, -0.1) is 0 Å². The van der Waals surface area contributed by atoms with Gasteiger partial charge in [0.15, 0.2) is 0 Å². The zero-order valence-electron chi connectivity index (χ0n) is 59.3. The van der Waals surface area contributed by atoms with Crippen molar-refractivity contribution < 1.29 is 46.4 Å². The number of hydrogen-bond acceptors (Lipinski definition) is 5. The summed E-state index contributed by atoms with van der Waals surface area (Å²) in [4.78, 5) is 69.2. The minimum Gasteiger partial charge on any atom is -0.848 e. The molecule has 11 heteroatoms. The second-order valence-corrected chi connectivity index (χ2v) is 40.5. The molecule has 0 radical (unpaired) electrons. The Balaban J connectivity index is 0.000000140. The predicted octanol–water partition coefficient (Wildman–Crippen LogP) is 6.75. The third kappa shape index (κ3) is 19.6. The van der Waals surface area contributed by atoms with Gasteiger partial charge in [0.25, 0.3) is 0 Å². The SMILES string of the molecule is [O-][Si](c1ccccc1)(c1ccccc1)c1ccccc1.[O-][Si](c1ccccc1)(c1ccccc1)c1ccccc1.[O-][Si](c1ccccc1)(c1ccccc1)c1ccccc1.[O-][Si](c1ccccc1)(c1ccccc1)c1ccccc1.[O-][Si](c1ccccc1)(c1ccccc1)c1ccccc1.[Ta+5].c1ccccc1. The monoisotopic (exact) mass is 1630 g/mol. The molecular formula is C96H81O5Si5Ta. The van der Waals surface area contributed by atoms with Gasteiger partial charge in [-0.25, -0.2) is 0 Å². The maximum Gasteiger partial charge on any atom is 5.00 e. The van der Waals surface area contributed by atoms with E-state index >= 15 is 0 Å². The Bertz CT molecular complexity index is 3830. The third-order valence-corrected chi connectivity index (χ3v) is 35.6. The van der Waals surface area contributed by atoms with Gasteiger partial charge < -0.3 is 24.0 Å². The molecule has 16 aromatic rings. The molecule has 5 nitrogen and oxygen atoms in total. The standard InChI is InChI=1S/5C18H15OSi.C6H6.Ta/c5*19-20(16-10-4-1-5-11-16,17-12-6-2-7-13-17)18-14-8-3-9-15-18;1-2-4-6-5-3-1;/h5*1-15H;1-6H;/q5*-1;;+5. The van der Waals surface area contributed by atoms with E-state index in [1.54, 1.807) is 0 Å². The van der Waals surface area contributed by atoms with Crippen molar-refractivity contribution >= 4 is 119 Å². The molecule has 0 aliphatic carbocycles. The molecule has 0 aliphatic rings. The van der Waals surface area contributed by atoms with Gasteiger partial charge in [-0.05, 0) is 0 Å². The van der Waals surface area contributed by atoms with Crippen molar-refractivity contribution in [1.82, 2.24) is 0 Å². The summed E-state index contributed by atoms with van der Waals surface area (Å²) < 4.78 is 0. The Hall–Kier alpha value is -10.9. The molecule has 0 amide bonds. The van der Waals surface area contributed by atoms with E-state index in [-0.39, 0.29) is 22.4 Å². The molecular weight excluding hydrogens is 1550 g/mol. The Labute approximate surface area is 651 Å². The van der Waals surface area contributed by atoms with Crippen LogP contribution in [0.2, 0.25) is 0 Å². The van der Waals surface area contributed by atoms with Crippen molar-refractivity contribution in [3.63, 3.8) is 0 Å². The van der Waals surface area contributed by atoms with E-state index < -0.39 is 41.6 Å². The van der Waals surface area contributed by atoms with Crippen molar-refractivity contribution in [2.24, 2.45) is 0 Å². The van der Waals surface area contributed by atoms with Crippen molar-refractivity contribution in [2.45, 2.75) is 0 Å². The molecule has 0 unspecified atom stereocenters. The Morgan fingerprint density at radius 3 is 0.196 bits per heavy atom. The molecule has 0 saturated heterocycles. The van der Waals surface area contributed by atoms with Crippen LogP contribution in [0.5, 0.6) is 0 Å². The van der Waals surface area contributed by atoms with Crippen molar-refractivity contribution in [1.29, 1.82) is 0 Å². The van der Waals surface area contributed by atoms with Gasteiger partial charge in [-0.3, -0.25) is 0 Å². The van der Waals surface area contributed by atoms with Crippen LogP contribution in [-0.4, -0.2) is 41.6 Å². The number of hydrogen-bond donors (Lipinski definition) is 0. The quantitative estimate of drug-likeness (QED) is 0.0833. The first-order valence-corrected chi connectivity index (χ1v) is 45.0. The molecule has 0 spiro atoms. The Morgan fingerprint density at radius 1 is 0.0935 bits per heavy atom. The van der Waals surface area contributed by atoms with E-state index in [4.69, 9.17) is 0 Å². The average Bonchev–Trinajstić information content (AvgIpc) is 0.804. The molecule has 0 heterocycles. The molecule has 16 rings (SSSR count). The largest absolute Gasteiger partial charge is 5.00 e. The van der Waals surface area contributed by atoms with Crippen LogP contribution in [-0.2, 0) is 22.4 Å². The second-order valence-electron chi connectivity index (χ2n) is 25.1.